The minimum atomic E-state index is 0.466. The molecule has 0 radical (unpaired) electrons. The van der Waals surface area contributed by atoms with Gasteiger partial charge in [0.1, 0.15) is 5.75 Å². The molecular weight excluding hydrogens is 222 g/mol. The van der Waals surface area contributed by atoms with Gasteiger partial charge in [-0.3, -0.25) is 0 Å². The molecule has 0 spiro atoms. The van der Waals surface area contributed by atoms with Crippen molar-refractivity contribution in [1.29, 1.82) is 0 Å². The summed E-state index contributed by atoms with van der Waals surface area (Å²) >= 11 is 0. The van der Waals surface area contributed by atoms with E-state index in [0.717, 1.165) is 31.2 Å². The molecule has 0 aromatic heterocycles. The first-order chi connectivity index (χ1) is 8.58. The highest BCUT2D eigenvalue weighted by molar-refractivity contribution is 5.46. The number of hydrogen-bond acceptors (Lipinski definition) is 2. The molecule has 0 bridgehead atoms. The standard InChI is InChI=1S/C16H25NO/c1-11(2)5-7-17-14-6-8-18-15-10-12(3)9-13(4)16(14)15/h9-11,14,17H,5-8H2,1-4H3. The molecular formula is C16H25NO. The topological polar surface area (TPSA) is 21.3 Å². The van der Waals surface area contributed by atoms with Gasteiger partial charge in [-0.25, -0.2) is 0 Å². The second-order valence-electron chi connectivity index (χ2n) is 5.82. The van der Waals surface area contributed by atoms with Crippen LogP contribution in [0.3, 0.4) is 0 Å². The summed E-state index contributed by atoms with van der Waals surface area (Å²) in [7, 11) is 0. The zero-order chi connectivity index (χ0) is 13.1. The Kier molecular flexibility index (Phi) is 4.28. The molecule has 0 saturated carbocycles. The van der Waals surface area contributed by atoms with E-state index >= 15 is 0 Å². The van der Waals surface area contributed by atoms with E-state index in [-0.39, 0.29) is 0 Å². The average molecular weight is 247 g/mol. The normalized spacial score (nSPS) is 18.6. The maximum Gasteiger partial charge on any atom is 0.124 e. The summed E-state index contributed by atoms with van der Waals surface area (Å²) in [6, 6.07) is 4.89. The fourth-order valence-corrected chi connectivity index (χ4v) is 2.69. The van der Waals surface area contributed by atoms with E-state index in [2.05, 4.69) is 45.1 Å². The van der Waals surface area contributed by atoms with Crippen molar-refractivity contribution >= 4 is 0 Å². The Morgan fingerprint density at radius 2 is 2.11 bits per heavy atom. The molecule has 18 heavy (non-hydrogen) atoms. The van der Waals surface area contributed by atoms with Gasteiger partial charge in [0, 0.05) is 18.0 Å². The third-order valence-electron chi connectivity index (χ3n) is 3.62. The minimum Gasteiger partial charge on any atom is -0.493 e. The minimum absolute atomic E-state index is 0.466. The molecule has 1 aromatic carbocycles. The van der Waals surface area contributed by atoms with Crippen LogP contribution in [0.1, 0.15) is 49.4 Å². The van der Waals surface area contributed by atoms with E-state index in [1.807, 2.05) is 0 Å². The molecule has 1 aromatic rings. The number of rotatable bonds is 4. The van der Waals surface area contributed by atoms with Gasteiger partial charge in [0.05, 0.1) is 6.61 Å². The predicted octanol–water partition coefficient (Wildman–Crippen LogP) is 3.76. The van der Waals surface area contributed by atoms with Crippen molar-refractivity contribution in [3.05, 3.63) is 28.8 Å². The van der Waals surface area contributed by atoms with Crippen LogP contribution in [0.15, 0.2) is 12.1 Å². The average Bonchev–Trinajstić information content (AvgIpc) is 2.27. The molecule has 1 heterocycles. The van der Waals surface area contributed by atoms with Gasteiger partial charge in [-0.2, -0.15) is 0 Å². The van der Waals surface area contributed by atoms with E-state index < -0.39 is 0 Å². The Hall–Kier alpha value is -1.02. The summed E-state index contributed by atoms with van der Waals surface area (Å²) in [5.74, 6) is 1.84. The lowest BCUT2D eigenvalue weighted by Crippen LogP contribution is -2.29. The second-order valence-corrected chi connectivity index (χ2v) is 5.82. The van der Waals surface area contributed by atoms with Crippen molar-refractivity contribution in [2.45, 2.75) is 46.6 Å². The largest absolute Gasteiger partial charge is 0.493 e. The third-order valence-corrected chi connectivity index (χ3v) is 3.62. The molecule has 0 saturated heterocycles. The van der Waals surface area contributed by atoms with Gasteiger partial charge in [0.2, 0.25) is 0 Å². The van der Waals surface area contributed by atoms with Crippen LogP contribution in [0.4, 0.5) is 0 Å². The predicted molar refractivity (Wildman–Crippen MR) is 76.2 cm³/mol. The van der Waals surface area contributed by atoms with E-state index in [1.54, 1.807) is 0 Å². The van der Waals surface area contributed by atoms with Gasteiger partial charge in [0.15, 0.2) is 0 Å². The number of fused-ring (bicyclic) bond motifs is 1. The highest BCUT2D eigenvalue weighted by Crippen LogP contribution is 2.35. The molecule has 100 valence electrons. The molecule has 1 atom stereocenters. The van der Waals surface area contributed by atoms with Crippen molar-refractivity contribution in [3.8, 4) is 5.75 Å². The van der Waals surface area contributed by atoms with Crippen LogP contribution in [0.25, 0.3) is 0 Å². The third kappa shape index (κ3) is 3.05. The maximum absolute atomic E-state index is 5.80. The molecule has 2 rings (SSSR count). The number of nitrogens with one attached hydrogen (secondary N) is 1. The van der Waals surface area contributed by atoms with Crippen LogP contribution in [0.2, 0.25) is 0 Å². The van der Waals surface area contributed by atoms with Crippen molar-refractivity contribution < 1.29 is 4.74 Å². The number of benzene rings is 1. The summed E-state index contributed by atoms with van der Waals surface area (Å²) in [5.41, 5.74) is 4.01. The van der Waals surface area contributed by atoms with Gasteiger partial charge in [-0.15, -0.1) is 0 Å². The Labute approximate surface area is 111 Å². The van der Waals surface area contributed by atoms with E-state index in [9.17, 15) is 0 Å². The molecule has 2 nitrogen and oxygen atoms in total. The summed E-state index contributed by atoms with van der Waals surface area (Å²) in [4.78, 5) is 0. The molecule has 1 aliphatic rings. The van der Waals surface area contributed by atoms with Crippen LogP contribution < -0.4 is 10.1 Å². The molecule has 2 heteroatoms. The summed E-state index contributed by atoms with van der Waals surface area (Å²) < 4.78 is 5.80. The lowest BCUT2D eigenvalue weighted by molar-refractivity contribution is 0.250. The summed E-state index contributed by atoms with van der Waals surface area (Å²) in [6.45, 7) is 10.8. The molecule has 0 fully saturated rings. The van der Waals surface area contributed by atoms with Crippen molar-refractivity contribution in [1.82, 2.24) is 5.32 Å². The van der Waals surface area contributed by atoms with Crippen LogP contribution in [-0.2, 0) is 0 Å². The van der Waals surface area contributed by atoms with E-state index in [1.165, 1.54) is 23.1 Å². The Morgan fingerprint density at radius 3 is 2.83 bits per heavy atom. The maximum atomic E-state index is 5.80. The molecule has 0 aliphatic carbocycles. The van der Waals surface area contributed by atoms with E-state index in [0.29, 0.717) is 6.04 Å². The van der Waals surface area contributed by atoms with Gasteiger partial charge in [-0.05, 0) is 49.9 Å². The number of ether oxygens (including phenoxy) is 1. The van der Waals surface area contributed by atoms with Crippen LogP contribution in [0.5, 0.6) is 5.75 Å². The second kappa shape index (κ2) is 5.75. The first kappa shape index (κ1) is 13.4. The van der Waals surface area contributed by atoms with Crippen molar-refractivity contribution in [2.75, 3.05) is 13.2 Å². The molecule has 1 N–H and O–H groups in total. The zero-order valence-electron chi connectivity index (χ0n) is 12.0. The first-order valence-corrected chi connectivity index (χ1v) is 7.05. The lowest BCUT2D eigenvalue weighted by atomic mass is 9.94. The highest BCUT2D eigenvalue weighted by Gasteiger charge is 2.23. The Balaban J connectivity index is 2.12. The van der Waals surface area contributed by atoms with Crippen LogP contribution >= 0.6 is 0 Å². The van der Waals surface area contributed by atoms with E-state index in [4.69, 9.17) is 4.74 Å². The fourth-order valence-electron chi connectivity index (χ4n) is 2.69. The van der Waals surface area contributed by atoms with Gasteiger partial charge >= 0.3 is 0 Å². The van der Waals surface area contributed by atoms with Crippen LogP contribution in [-0.4, -0.2) is 13.2 Å². The lowest BCUT2D eigenvalue weighted by Gasteiger charge is -2.29. The van der Waals surface area contributed by atoms with Crippen molar-refractivity contribution in [3.63, 3.8) is 0 Å². The Bertz CT molecular complexity index is 412. The van der Waals surface area contributed by atoms with Gasteiger partial charge in [0.25, 0.3) is 0 Å². The summed E-state index contributed by atoms with van der Waals surface area (Å²) in [6.07, 6.45) is 2.31. The quantitative estimate of drug-likeness (QED) is 0.874. The summed E-state index contributed by atoms with van der Waals surface area (Å²) in [5, 5.41) is 3.69. The first-order valence-electron chi connectivity index (χ1n) is 7.05. The molecule has 0 amide bonds. The SMILES string of the molecule is Cc1cc(C)c2c(c1)OCCC2NCCC(C)C. The zero-order valence-corrected chi connectivity index (χ0v) is 12.0. The molecule has 1 aliphatic heterocycles. The van der Waals surface area contributed by atoms with Gasteiger partial charge < -0.3 is 10.1 Å². The number of hydrogen-bond donors (Lipinski definition) is 1. The monoisotopic (exact) mass is 247 g/mol. The Morgan fingerprint density at radius 1 is 1.33 bits per heavy atom. The molecule has 1 unspecified atom stereocenters. The van der Waals surface area contributed by atoms with Crippen LogP contribution in [0, 0.1) is 19.8 Å². The smallest absolute Gasteiger partial charge is 0.124 e. The fraction of sp³-hybridized carbons (Fsp3) is 0.625. The highest BCUT2D eigenvalue weighted by atomic mass is 16.5. The van der Waals surface area contributed by atoms with Crippen molar-refractivity contribution in [2.24, 2.45) is 5.92 Å². The van der Waals surface area contributed by atoms with Gasteiger partial charge in [-0.1, -0.05) is 19.9 Å². The number of aryl methyl sites for hydroxylation is 2.